The van der Waals surface area contributed by atoms with Gasteiger partial charge in [-0.2, -0.15) is 0 Å². The van der Waals surface area contributed by atoms with Gasteiger partial charge in [0.1, 0.15) is 232 Å². The zero-order valence-corrected chi connectivity index (χ0v) is 63.6. The summed E-state index contributed by atoms with van der Waals surface area (Å²) >= 11 is 0. The van der Waals surface area contributed by atoms with Crippen LogP contribution in [0.3, 0.4) is 0 Å². The number of aliphatic hydroxyl groups is 27. The molecule has 118 heavy (non-hydrogen) atoms. The highest BCUT2D eigenvalue weighted by Gasteiger charge is 2.62. The van der Waals surface area contributed by atoms with Crippen molar-refractivity contribution in [1.82, 2.24) is 16.0 Å². The minimum Gasteiger partial charge on any atom is -0.394 e. The van der Waals surface area contributed by atoms with Gasteiger partial charge < -0.3 is 244 Å². The fraction of sp³-hybridized carbons (Fsp3) is 0.955. The summed E-state index contributed by atoms with van der Waals surface area (Å²) < 4.78 is 112. The van der Waals surface area contributed by atoms with Crippen molar-refractivity contribution in [2.24, 2.45) is 0 Å². The first-order valence-electron chi connectivity index (χ1n) is 37.9. The minimum atomic E-state index is -2.42. The molecule has 52 nitrogen and oxygen atoms in total. The van der Waals surface area contributed by atoms with Crippen LogP contribution >= 0.6 is 0 Å². The maximum absolute atomic E-state index is 13.1. The largest absolute Gasteiger partial charge is 0.394 e. The number of carbonyl (C=O) groups excluding carboxylic acids is 3. The van der Waals surface area contributed by atoms with Crippen LogP contribution in [-0.2, 0) is 104 Å². The van der Waals surface area contributed by atoms with Gasteiger partial charge in [-0.1, -0.05) is 0 Å². The van der Waals surface area contributed by atoms with Gasteiger partial charge in [0.05, 0.1) is 65.1 Å². The van der Waals surface area contributed by atoms with E-state index in [1.165, 1.54) is 13.8 Å². The molecule has 10 aliphatic rings. The Morgan fingerprint density at radius 1 is 0.237 bits per heavy atom. The summed E-state index contributed by atoms with van der Waals surface area (Å²) in [7, 11) is 0. The molecule has 50 atom stereocenters. The van der Waals surface area contributed by atoms with E-state index in [2.05, 4.69) is 16.0 Å². The Hall–Kier alpha value is -3.43. The van der Waals surface area contributed by atoms with E-state index < -0.39 is 377 Å². The lowest BCUT2D eigenvalue weighted by Crippen LogP contribution is -2.70. The zero-order valence-electron chi connectivity index (χ0n) is 63.6. The van der Waals surface area contributed by atoms with E-state index in [4.69, 9.17) is 90.0 Å². The van der Waals surface area contributed by atoms with E-state index in [1.54, 1.807) is 0 Å². The Morgan fingerprint density at radius 2 is 0.500 bits per heavy atom. The van der Waals surface area contributed by atoms with Gasteiger partial charge in [0.2, 0.25) is 17.7 Å². The third kappa shape index (κ3) is 20.8. The lowest BCUT2D eigenvalue weighted by molar-refractivity contribution is -0.393. The monoisotopic (exact) mass is 1730 g/mol. The van der Waals surface area contributed by atoms with Crippen LogP contribution in [0.4, 0.5) is 0 Å². The molecule has 0 spiro atoms. The molecule has 30 N–H and O–H groups in total. The van der Waals surface area contributed by atoms with Crippen LogP contribution in [0.2, 0.25) is 0 Å². The fourth-order valence-electron chi connectivity index (χ4n) is 15.4. The number of hydrogen-bond donors (Lipinski definition) is 30. The molecule has 10 aliphatic heterocycles. The number of rotatable bonds is 29. The van der Waals surface area contributed by atoms with Crippen LogP contribution < -0.4 is 16.0 Å². The van der Waals surface area contributed by atoms with Crippen molar-refractivity contribution in [3.8, 4) is 0 Å². The van der Waals surface area contributed by atoms with E-state index in [0.717, 1.165) is 20.8 Å². The summed E-state index contributed by atoms with van der Waals surface area (Å²) in [4.78, 5) is 39.1. The molecule has 0 aromatic rings. The molecular weight excluding hydrogens is 1620 g/mol. The van der Waals surface area contributed by atoms with Crippen LogP contribution in [0.5, 0.6) is 0 Å². The van der Waals surface area contributed by atoms with E-state index in [0.29, 0.717) is 0 Å². The first kappa shape index (κ1) is 96.8. The van der Waals surface area contributed by atoms with E-state index in [-0.39, 0.29) is 0 Å². The van der Waals surface area contributed by atoms with Crippen molar-refractivity contribution in [2.75, 3.05) is 52.9 Å². The van der Waals surface area contributed by atoms with E-state index in [9.17, 15) is 152 Å². The molecule has 0 bridgehead atoms. The van der Waals surface area contributed by atoms with Crippen LogP contribution in [-0.4, -0.2) is 515 Å². The maximum atomic E-state index is 13.1. The molecule has 3 amide bonds. The second-order valence-corrected chi connectivity index (χ2v) is 30.2. The summed E-state index contributed by atoms with van der Waals surface area (Å²) in [5.41, 5.74) is 0. The standard InChI is InChI=1S/C66H111N3O49/c1-14-30(80)39(89)45(95)61(101-14)117-55-41(91)32(82)19(6-70)105-65(55)113-50-24(11-75)108-59(28(37(50)87)68-17(4)78)115-53-34(84)21(8-72)104-63(47(53)97)111-49-23(10-74)107-58(27(36(49)86)67-16(3)77)100-13-26-35(85)54(48(98)64(110-26)112-52-22(9-73)103-57(99)44(94)43(52)93)116-60-29(69-18(5)79)38(88)51(25(12-76)109-60)114-66-56(42(92)33(83)20(7-71)106-66)118-62-46(96)40(90)31(81)15(2)102-62/h14-15,19-66,70-76,80-99H,6-13H2,1-5H3,(H,67,77)(H,68,78)(H,69,79)/t14-,15-,19+,20+,21+,22+,23+,24+,25+,26+,27+,28+,29+,30+,31+,32-,33-,34-,35-,36+,37+,38+,39+,40+,41-,42-,43+,44+,45-,46-,47+,48+,49+,50+,51+,52+,53+,54-,55+,56+,57?,58+,59-,60-,61-,62-,63-,64-,65-,66-/m0/s1. The minimum absolute atomic E-state index is 0.928. The van der Waals surface area contributed by atoms with Gasteiger partial charge in [0, 0.05) is 20.8 Å². The molecule has 10 rings (SSSR count). The van der Waals surface area contributed by atoms with Gasteiger partial charge in [-0.3, -0.25) is 14.4 Å². The Labute approximate surface area is 668 Å². The number of nitrogens with one attached hydrogen (secondary N) is 3. The fourth-order valence-corrected chi connectivity index (χ4v) is 15.4. The van der Waals surface area contributed by atoms with Crippen molar-refractivity contribution < 1.29 is 242 Å². The molecular formula is C66H111N3O49. The Kier molecular flexibility index (Phi) is 34.3. The third-order valence-electron chi connectivity index (χ3n) is 22.0. The highest BCUT2D eigenvalue weighted by molar-refractivity contribution is 5.74. The SMILES string of the molecule is CC(=O)N[C@H]1[C@H](OC[C@H]2O[C@@H](O[C@H]3[C@H](O)[C@@H](O)C(O)O[C@@H]3CO)[C@H](O)[C@@H](O[C@@H]3O[C@H](CO)[C@@H](O[C@@H]4O[C@H](CO)[C@H](O)[C@H](O)[C@H]4O[C@@H]4O[C@@H](C)[C@@H](O)[C@@H](O)[C@@H]4O)[C@H](O)[C@H]3NC(C)=O)[C@H]2O)O[C@H](CO)[C@@H](O[C@@H]2O[C@H](CO)[C@H](O)[C@@H](O[C@@H]3O[C@H](CO)[C@@H](O[C@@H]4O[C@H](CO)[C@H](O)[C@H](O)[C@H]4O[C@@H]4O[C@@H](C)[C@@H](O)[C@@H](O)[C@@H]4O)[C@H](O)[C@H]3NC(C)=O)[C@H]2O)[C@@H]1O. The molecule has 10 heterocycles. The lowest BCUT2D eigenvalue weighted by Gasteiger charge is -2.51. The Balaban J connectivity index is 0.874. The van der Waals surface area contributed by atoms with Crippen molar-refractivity contribution in [2.45, 2.75) is 341 Å². The molecule has 0 aromatic heterocycles. The number of aliphatic hydroxyl groups excluding tert-OH is 27. The number of ether oxygens (including phenoxy) is 19. The summed E-state index contributed by atoms with van der Waals surface area (Å²) in [6.07, 6.45) is -94.0. The molecule has 0 aliphatic carbocycles. The highest BCUT2D eigenvalue weighted by atomic mass is 16.8. The van der Waals surface area contributed by atoms with E-state index >= 15 is 0 Å². The summed E-state index contributed by atoms with van der Waals surface area (Å²) in [5.74, 6) is -2.85. The number of carbonyl (C=O) groups is 3. The van der Waals surface area contributed by atoms with Crippen LogP contribution in [0.1, 0.15) is 34.6 Å². The van der Waals surface area contributed by atoms with Crippen molar-refractivity contribution >= 4 is 17.7 Å². The topological polar surface area (TPSA) is 809 Å². The van der Waals surface area contributed by atoms with Crippen LogP contribution in [0, 0.1) is 0 Å². The third-order valence-corrected chi connectivity index (χ3v) is 22.0. The van der Waals surface area contributed by atoms with Gasteiger partial charge in [-0.05, 0) is 13.8 Å². The Bertz CT molecular complexity index is 3140. The number of amides is 3. The molecule has 1 unspecified atom stereocenters. The van der Waals surface area contributed by atoms with Crippen LogP contribution in [0.15, 0.2) is 0 Å². The molecule has 684 valence electrons. The van der Waals surface area contributed by atoms with Crippen LogP contribution in [0.25, 0.3) is 0 Å². The average Bonchev–Trinajstić information content (AvgIpc) is 0.767. The first-order valence-corrected chi connectivity index (χ1v) is 37.9. The first-order chi connectivity index (χ1) is 55.8. The molecule has 0 saturated carbocycles. The lowest BCUT2D eigenvalue weighted by atomic mass is 9.94. The predicted molar refractivity (Wildman–Crippen MR) is 362 cm³/mol. The van der Waals surface area contributed by atoms with Gasteiger partial charge >= 0.3 is 0 Å². The maximum Gasteiger partial charge on any atom is 0.217 e. The summed E-state index contributed by atoms with van der Waals surface area (Å²) in [5, 5.41) is 306. The number of hydrogen-bond acceptors (Lipinski definition) is 49. The summed E-state index contributed by atoms with van der Waals surface area (Å²) in [6, 6.07) is -5.80. The molecule has 10 fully saturated rings. The summed E-state index contributed by atoms with van der Waals surface area (Å²) in [6.45, 7) is -3.40. The molecule has 0 aromatic carbocycles. The molecule has 0 radical (unpaired) electrons. The van der Waals surface area contributed by atoms with Crippen molar-refractivity contribution in [1.29, 1.82) is 0 Å². The smallest absolute Gasteiger partial charge is 0.217 e. The average molecular weight is 1730 g/mol. The van der Waals surface area contributed by atoms with Gasteiger partial charge in [0.15, 0.2) is 62.9 Å². The second-order valence-electron chi connectivity index (χ2n) is 30.2. The predicted octanol–water partition coefficient (Wildman–Crippen LogP) is -20.3. The van der Waals surface area contributed by atoms with Crippen molar-refractivity contribution in [3.63, 3.8) is 0 Å². The highest BCUT2D eigenvalue weighted by Crippen LogP contribution is 2.41. The normalized spacial score (nSPS) is 51.1. The van der Waals surface area contributed by atoms with Gasteiger partial charge in [0.25, 0.3) is 0 Å². The second kappa shape index (κ2) is 41.8. The van der Waals surface area contributed by atoms with Gasteiger partial charge in [-0.15, -0.1) is 0 Å². The zero-order chi connectivity index (χ0) is 86.8. The van der Waals surface area contributed by atoms with Gasteiger partial charge in [-0.25, -0.2) is 0 Å². The molecule has 52 heteroatoms. The van der Waals surface area contributed by atoms with Crippen molar-refractivity contribution in [3.05, 3.63) is 0 Å². The quantitative estimate of drug-likeness (QED) is 0.0331. The Morgan fingerprint density at radius 3 is 0.864 bits per heavy atom. The molecule has 10 saturated heterocycles. The van der Waals surface area contributed by atoms with E-state index in [1.807, 2.05) is 0 Å².